The van der Waals surface area contributed by atoms with Gasteiger partial charge in [-0.05, 0) is 59.7 Å². The summed E-state index contributed by atoms with van der Waals surface area (Å²) in [4.78, 5) is 12.4. The number of rotatable bonds is 4. The van der Waals surface area contributed by atoms with E-state index >= 15 is 0 Å². The molecule has 0 saturated carbocycles. The first-order valence-electron chi connectivity index (χ1n) is 8.09. The van der Waals surface area contributed by atoms with Gasteiger partial charge in [-0.15, -0.1) is 0 Å². The van der Waals surface area contributed by atoms with Crippen LogP contribution in [0.1, 0.15) is 30.9 Å². The predicted molar refractivity (Wildman–Crippen MR) is 101 cm³/mol. The zero-order valence-corrected chi connectivity index (χ0v) is 14.9. The molecule has 1 heterocycles. The average Bonchev–Trinajstić information content (AvgIpc) is 2.93. The molecule has 3 nitrogen and oxygen atoms in total. The third-order valence-corrected chi connectivity index (χ3v) is 4.48. The molecule has 2 aromatic carbocycles. The van der Waals surface area contributed by atoms with Crippen molar-refractivity contribution >= 4 is 34.1 Å². The minimum Gasteiger partial charge on any atom is -0.338 e. The first-order chi connectivity index (χ1) is 11.4. The molecule has 124 valence electrons. The van der Waals surface area contributed by atoms with Crippen LogP contribution in [0.25, 0.3) is 10.9 Å². The summed E-state index contributed by atoms with van der Waals surface area (Å²) in [5.74, 6) is 0.428. The molecule has 1 N–H and O–H groups in total. The average molecular weight is 341 g/mol. The first-order valence-corrected chi connectivity index (χ1v) is 8.46. The molecule has 0 aliphatic carbocycles. The number of hydrogen-bond donors (Lipinski definition) is 1. The molecule has 0 aliphatic heterocycles. The topological polar surface area (TPSA) is 34.0 Å². The monoisotopic (exact) mass is 340 g/mol. The minimum atomic E-state index is -0.0641. The minimum absolute atomic E-state index is 0.0641. The second-order valence-electron chi connectivity index (χ2n) is 6.42. The number of aryl methyl sites for hydroxylation is 1. The van der Waals surface area contributed by atoms with Gasteiger partial charge < -0.3 is 9.88 Å². The highest BCUT2D eigenvalue weighted by molar-refractivity contribution is 6.31. The predicted octanol–water partition coefficient (Wildman–Crippen LogP) is 5.37. The Bertz CT molecular complexity index is 896. The van der Waals surface area contributed by atoms with Crippen LogP contribution in [0.2, 0.25) is 5.02 Å². The molecular weight excluding hydrogens is 320 g/mol. The number of carbonyl (C=O) groups excluding carboxylic acids is 1. The summed E-state index contributed by atoms with van der Waals surface area (Å²) in [6.07, 6.45) is 1.96. The van der Waals surface area contributed by atoms with Gasteiger partial charge in [-0.3, -0.25) is 4.79 Å². The van der Waals surface area contributed by atoms with Crippen LogP contribution in [0.3, 0.4) is 0 Å². The lowest BCUT2D eigenvalue weighted by Gasteiger charge is -2.11. The summed E-state index contributed by atoms with van der Waals surface area (Å²) in [7, 11) is 0. The number of amides is 1. The fourth-order valence-electron chi connectivity index (χ4n) is 2.79. The van der Waals surface area contributed by atoms with E-state index in [1.807, 2.05) is 29.8 Å². The van der Waals surface area contributed by atoms with Crippen molar-refractivity contribution in [2.75, 3.05) is 5.32 Å². The third kappa shape index (κ3) is 3.46. The van der Waals surface area contributed by atoms with Crippen LogP contribution < -0.4 is 5.32 Å². The van der Waals surface area contributed by atoms with Crippen molar-refractivity contribution in [3.05, 3.63) is 64.8 Å². The lowest BCUT2D eigenvalue weighted by Crippen LogP contribution is -2.18. The summed E-state index contributed by atoms with van der Waals surface area (Å²) >= 11 is 6.00. The van der Waals surface area contributed by atoms with Gasteiger partial charge in [0, 0.05) is 22.4 Å². The molecule has 0 spiro atoms. The van der Waals surface area contributed by atoms with Crippen molar-refractivity contribution in [2.45, 2.75) is 33.2 Å². The summed E-state index contributed by atoms with van der Waals surface area (Å²) in [5.41, 5.74) is 4.12. The molecule has 0 radical (unpaired) electrons. The van der Waals surface area contributed by atoms with Gasteiger partial charge in [-0.2, -0.15) is 0 Å². The molecule has 1 amide bonds. The molecule has 0 aliphatic rings. The molecule has 1 aromatic heterocycles. The normalized spacial score (nSPS) is 11.2. The fourth-order valence-corrected chi connectivity index (χ4v) is 2.96. The highest BCUT2D eigenvalue weighted by Crippen LogP contribution is 2.23. The van der Waals surface area contributed by atoms with Gasteiger partial charge in [0.25, 0.3) is 0 Å². The number of hydrogen-bond acceptors (Lipinski definition) is 1. The van der Waals surface area contributed by atoms with Crippen molar-refractivity contribution in [3.63, 3.8) is 0 Å². The van der Waals surface area contributed by atoms with E-state index < -0.39 is 0 Å². The van der Waals surface area contributed by atoms with Crippen molar-refractivity contribution in [3.8, 4) is 0 Å². The Kier molecular flexibility index (Phi) is 4.63. The van der Waals surface area contributed by atoms with Gasteiger partial charge in [-0.25, -0.2) is 0 Å². The first kappa shape index (κ1) is 16.6. The van der Waals surface area contributed by atoms with E-state index in [0.717, 1.165) is 22.2 Å². The highest BCUT2D eigenvalue weighted by Gasteiger charge is 2.09. The zero-order chi connectivity index (χ0) is 17.3. The molecule has 24 heavy (non-hydrogen) atoms. The molecule has 4 heteroatoms. The summed E-state index contributed by atoms with van der Waals surface area (Å²) < 4.78 is 1.97. The number of carbonyl (C=O) groups is 1. The van der Waals surface area contributed by atoms with Crippen LogP contribution in [0, 0.1) is 6.92 Å². The second-order valence-corrected chi connectivity index (χ2v) is 6.86. The van der Waals surface area contributed by atoms with Gasteiger partial charge >= 0.3 is 0 Å². The van der Waals surface area contributed by atoms with Crippen LogP contribution >= 0.6 is 11.6 Å². The number of fused-ring (bicyclic) bond motifs is 1. The Morgan fingerprint density at radius 2 is 1.96 bits per heavy atom. The maximum absolute atomic E-state index is 12.4. The van der Waals surface area contributed by atoms with Gasteiger partial charge in [0.15, 0.2) is 0 Å². The Labute approximate surface area is 147 Å². The molecule has 0 unspecified atom stereocenters. The van der Waals surface area contributed by atoms with E-state index in [1.54, 1.807) is 6.07 Å². The van der Waals surface area contributed by atoms with E-state index in [0.29, 0.717) is 10.9 Å². The second kappa shape index (κ2) is 6.70. The largest absolute Gasteiger partial charge is 0.338 e. The van der Waals surface area contributed by atoms with E-state index in [4.69, 9.17) is 11.6 Å². The maximum Gasteiger partial charge on any atom is 0.244 e. The van der Waals surface area contributed by atoms with Crippen molar-refractivity contribution in [1.29, 1.82) is 0 Å². The Hall–Kier alpha value is -2.26. The number of anilines is 1. The zero-order valence-electron chi connectivity index (χ0n) is 14.1. The molecule has 0 fully saturated rings. The fraction of sp³-hybridized carbons (Fsp3) is 0.250. The van der Waals surface area contributed by atoms with Crippen LogP contribution in [0.5, 0.6) is 0 Å². The number of aromatic nitrogens is 1. The summed E-state index contributed by atoms with van der Waals surface area (Å²) in [6, 6.07) is 14.0. The standard InChI is InChI=1S/C20H21ClN2O/c1-13(2)15-5-7-19-16(10-15)8-9-23(19)12-20(24)22-18-11-17(21)6-4-14(18)3/h4-11,13H,12H2,1-3H3,(H,22,24). The molecule has 0 atom stereocenters. The Balaban J connectivity index is 1.79. The highest BCUT2D eigenvalue weighted by atomic mass is 35.5. The van der Waals surface area contributed by atoms with E-state index in [2.05, 4.69) is 43.4 Å². The van der Waals surface area contributed by atoms with Gasteiger partial charge in [-0.1, -0.05) is 37.6 Å². The summed E-state index contributed by atoms with van der Waals surface area (Å²) in [6.45, 7) is 6.58. The third-order valence-electron chi connectivity index (χ3n) is 4.25. The Morgan fingerprint density at radius 1 is 1.17 bits per heavy atom. The quantitative estimate of drug-likeness (QED) is 0.681. The van der Waals surface area contributed by atoms with Crippen LogP contribution in [0.15, 0.2) is 48.7 Å². The van der Waals surface area contributed by atoms with E-state index in [-0.39, 0.29) is 12.5 Å². The molecular formula is C20H21ClN2O. The van der Waals surface area contributed by atoms with Gasteiger partial charge in [0.05, 0.1) is 0 Å². The number of nitrogens with zero attached hydrogens (tertiary/aromatic N) is 1. The number of benzene rings is 2. The van der Waals surface area contributed by atoms with E-state index in [9.17, 15) is 4.79 Å². The van der Waals surface area contributed by atoms with Crippen LogP contribution in [0.4, 0.5) is 5.69 Å². The maximum atomic E-state index is 12.4. The lowest BCUT2D eigenvalue weighted by molar-refractivity contribution is -0.116. The van der Waals surface area contributed by atoms with Crippen molar-refractivity contribution in [2.24, 2.45) is 0 Å². The smallest absolute Gasteiger partial charge is 0.244 e. The lowest BCUT2D eigenvalue weighted by atomic mass is 10.0. The number of nitrogens with one attached hydrogen (secondary N) is 1. The van der Waals surface area contributed by atoms with Crippen LogP contribution in [-0.2, 0) is 11.3 Å². The molecule has 0 bridgehead atoms. The van der Waals surface area contributed by atoms with Crippen LogP contribution in [-0.4, -0.2) is 10.5 Å². The van der Waals surface area contributed by atoms with E-state index in [1.165, 1.54) is 5.56 Å². The number of halogens is 1. The SMILES string of the molecule is Cc1ccc(Cl)cc1NC(=O)Cn1ccc2cc(C(C)C)ccc21. The molecule has 3 aromatic rings. The van der Waals surface area contributed by atoms with Crippen molar-refractivity contribution in [1.82, 2.24) is 4.57 Å². The molecule has 3 rings (SSSR count). The Morgan fingerprint density at radius 3 is 2.71 bits per heavy atom. The summed E-state index contributed by atoms with van der Waals surface area (Å²) in [5, 5.41) is 4.71. The van der Waals surface area contributed by atoms with Gasteiger partial charge in [0.2, 0.25) is 5.91 Å². The van der Waals surface area contributed by atoms with Gasteiger partial charge in [0.1, 0.15) is 6.54 Å². The van der Waals surface area contributed by atoms with Crippen molar-refractivity contribution < 1.29 is 4.79 Å². The molecule has 0 saturated heterocycles.